The normalized spacial score (nSPS) is 18.9. The third-order valence-corrected chi connectivity index (χ3v) is 5.77. The van der Waals surface area contributed by atoms with E-state index in [1.54, 1.807) is 37.8 Å². The van der Waals surface area contributed by atoms with Crippen molar-refractivity contribution in [2.45, 2.75) is 57.4 Å². The maximum Gasteiger partial charge on any atom is 0.410 e. The first-order valence-corrected chi connectivity index (χ1v) is 10.6. The van der Waals surface area contributed by atoms with Crippen LogP contribution in [0.25, 0.3) is 0 Å². The number of piperidine rings is 1. The Labute approximate surface area is 154 Å². The Kier molecular flexibility index (Phi) is 6.32. The van der Waals surface area contributed by atoms with Crippen LogP contribution in [-0.2, 0) is 20.3 Å². The minimum atomic E-state index is -3.39. The molecule has 1 aromatic heterocycles. The predicted octanol–water partition coefficient (Wildman–Crippen LogP) is 3.44. The molecule has 0 aliphatic carbocycles. The molecule has 0 spiro atoms. The number of carbonyl (C=O) groups excluding carboxylic acids is 1. The topological polar surface area (TPSA) is 76.6 Å². The lowest BCUT2D eigenvalue weighted by Gasteiger charge is -2.36. The van der Waals surface area contributed by atoms with Gasteiger partial charge in [-0.3, -0.25) is 0 Å². The molecule has 1 aliphatic rings. The molecule has 140 valence electrons. The number of nitrogens with zero attached hydrogens (tertiary/aromatic N) is 2. The number of halogens is 1. The zero-order valence-corrected chi connectivity index (χ0v) is 16.4. The number of aromatic nitrogens is 1. The van der Waals surface area contributed by atoms with Gasteiger partial charge in [0.1, 0.15) is 10.8 Å². The fourth-order valence-corrected chi connectivity index (χ4v) is 4.67. The summed E-state index contributed by atoms with van der Waals surface area (Å²) in [5.74, 6) is -0.190. The van der Waals surface area contributed by atoms with Crippen molar-refractivity contribution in [2.24, 2.45) is 0 Å². The van der Waals surface area contributed by atoms with Gasteiger partial charge >= 0.3 is 6.09 Å². The second-order valence-corrected chi connectivity index (χ2v) is 9.86. The third kappa shape index (κ3) is 6.47. The summed E-state index contributed by atoms with van der Waals surface area (Å²) in [4.78, 5) is 17.9. The maximum absolute atomic E-state index is 12.6. The number of sulfone groups is 1. The Balaban J connectivity index is 2.06. The zero-order valence-electron chi connectivity index (χ0n) is 14.9. The van der Waals surface area contributed by atoms with E-state index in [2.05, 4.69) is 4.98 Å². The SMILES string of the molecule is CC(C)(C)OC(=O)N1CCCC[C@@H]1CS(=O)(=O)Cc1ccc(Cl)nc1. The van der Waals surface area contributed by atoms with Crippen LogP contribution in [0.4, 0.5) is 4.79 Å². The number of rotatable bonds is 4. The van der Waals surface area contributed by atoms with E-state index in [-0.39, 0.29) is 17.5 Å². The standard InChI is InChI=1S/C17H25ClN2O4S/c1-17(2,3)24-16(21)20-9-5-4-6-14(20)12-25(22,23)11-13-7-8-15(18)19-10-13/h7-8,10,14H,4-6,9,11-12H2,1-3H3/t14-/m1/s1. The molecule has 1 aromatic rings. The van der Waals surface area contributed by atoms with Crippen LogP contribution in [0.5, 0.6) is 0 Å². The van der Waals surface area contributed by atoms with Crippen molar-refractivity contribution in [1.82, 2.24) is 9.88 Å². The van der Waals surface area contributed by atoms with Crippen LogP contribution < -0.4 is 0 Å². The minimum Gasteiger partial charge on any atom is -0.444 e. The molecule has 0 N–H and O–H groups in total. The summed E-state index contributed by atoms with van der Waals surface area (Å²) in [7, 11) is -3.39. The molecule has 2 rings (SSSR count). The van der Waals surface area contributed by atoms with Crippen molar-refractivity contribution in [3.63, 3.8) is 0 Å². The van der Waals surface area contributed by atoms with Crippen LogP contribution in [0, 0.1) is 0 Å². The summed E-state index contributed by atoms with van der Waals surface area (Å²) >= 11 is 5.73. The third-order valence-electron chi connectivity index (χ3n) is 3.88. The molecule has 0 bridgehead atoms. The van der Waals surface area contributed by atoms with Crippen molar-refractivity contribution in [2.75, 3.05) is 12.3 Å². The average Bonchev–Trinajstić information content (AvgIpc) is 2.47. The average molecular weight is 389 g/mol. The van der Waals surface area contributed by atoms with E-state index in [1.165, 1.54) is 6.20 Å². The van der Waals surface area contributed by atoms with E-state index in [4.69, 9.17) is 16.3 Å². The van der Waals surface area contributed by atoms with Gasteiger partial charge in [0.25, 0.3) is 0 Å². The van der Waals surface area contributed by atoms with Crippen LogP contribution >= 0.6 is 11.6 Å². The maximum atomic E-state index is 12.6. The van der Waals surface area contributed by atoms with Gasteiger partial charge in [0.15, 0.2) is 9.84 Å². The number of carbonyl (C=O) groups is 1. The van der Waals surface area contributed by atoms with Crippen LogP contribution in [0.15, 0.2) is 18.3 Å². The first kappa shape index (κ1) is 20.0. The largest absolute Gasteiger partial charge is 0.444 e. The van der Waals surface area contributed by atoms with Gasteiger partial charge in [0.2, 0.25) is 0 Å². The molecule has 1 aliphatic heterocycles. The second kappa shape index (κ2) is 7.91. The number of likely N-dealkylation sites (tertiary alicyclic amines) is 1. The van der Waals surface area contributed by atoms with E-state index < -0.39 is 21.5 Å². The Bertz CT molecular complexity index is 698. The lowest BCUT2D eigenvalue weighted by Crippen LogP contribution is -2.49. The number of ether oxygens (including phenoxy) is 1. The molecular weight excluding hydrogens is 364 g/mol. The highest BCUT2D eigenvalue weighted by Gasteiger charge is 2.33. The quantitative estimate of drug-likeness (QED) is 0.738. The van der Waals surface area contributed by atoms with Crippen molar-refractivity contribution in [3.8, 4) is 0 Å². The van der Waals surface area contributed by atoms with Gasteiger partial charge in [0.05, 0.1) is 11.5 Å². The molecule has 1 amide bonds. The molecule has 0 unspecified atom stereocenters. The number of pyridine rings is 1. The van der Waals surface area contributed by atoms with E-state index in [9.17, 15) is 13.2 Å². The molecule has 1 fully saturated rings. The van der Waals surface area contributed by atoms with Crippen LogP contribution in [0.2, 0.25) is 5.15 Å². The Morgan fingerprint density at radius 2 is 2.08 bits per heavy atom. The summed E-state index contributed by atoms with van der Waals surface area (Å²) in [5.41, 5.74) is -0.0172. The molecule has 6 nitrogen and oxygen atoms in total. The van der Waals surface area contributed by atoms with Gasteiger partial charge in [-0.25, -0.2) is 18.2 Å². The number of amides is 1. The van der Waals surface area contributed by atoms with Crippen molar-refractivity contribution in [1.29, 1.82) is 0 Å². The van der Waals surface area contributed by atoms with Crippen LogP contribution in [0.1, 0.15) is 45.6 Å². The van der Waals surface area contributed by atoms with E-state index in [0.29, 0.717) is 23.7 Å². The lowest BCUT2D eigenvalue weighted by atomic mass is 10.0. The summed E-state index contributed by atoms with van der Waals surface area (Å²) in [6.45, 7) is 5.92. The number of hydrogen-bond acceptors (Lipinski definition) is 5. The molecule has 1 atom stereocenters. The molecular formula is C17H25ClN2O4S. The fraction of sp³-hybridized carbons (Fsp3) is 0.647. The van der Waals surface area contributed by atoms with Gasteiger partial charge in [-0.1, -0.05) is 17.7 Å². The fourth-order valence-electron chi connectivity index (χ4n) is 2.83. The number of hydrogen-bond donors (Lipinski definition) is 0. The van der Waals surface area contributed by atoms with E-state index in [0.717, 1.165) is 12.8 Å². The summed E-state index contributed by atoms with van der Waals surface area (Å²) in [5, 5.41) is 0.324. The highest BCUT2D eigenvalue weighted by molar-refractivity contribution is 7.90. The molecule has 8 heteroatoms. The summed E-state index contributed by atoms with van der Waals surface area (Å²) in [6, 6.07) is 2.87. The molecule has 25 heavy (non-hydrogen) atoms. The van der Waals surface area contributed by atoms with Crippen molar-refractivity contribution in [3.05, 3.63) is 29.0 Å². The Hall–Kier alpha value is -1.34. The smallest absolute Gasteiger partial charge is 0.410 e. The first-order valence-electron chi connectivity index (χ1n) is 8.36. The van der Waals surface area contributed by atoms with E-state index in [1.807, 2.05) is 0 Å². The van der Waals surface area contributed by atoms with Crippen molar-refractivity contribution < 1.29 is 17.9 Å². The highest BCUT2D eigenvalue weighted by Crippen LogP contribution is 2.22. The van der Waals surface area contributed by atoms with Gasteiger partial charge < -0.3 is 9.64 Å². The van der Waals surface area contributed by atoms with E-state index >= 15 is 0 Å². The van der Waals surface area contributed by atoms with Gasteiger partial charge in [-0.15, -0.1) is 0 Å². The van der Waals surface area contributed by atoms with Gasteiger partial charge in [-0.2, -0.15) is 0 Å². The summed E-state index contributed by atoms with van der Waals surface area (Å²) in [6.07, 6.45) is 3.45. The van der Waals surface area contributed by atoms with Crippen LogP contribution in [-0.4, -0.2) is 48.3 Å². The van der Waals surface area contributed by atoms with Crippen molar-refractivity contribution >= 4 is 27.5 Å². The molecule has 0 saturated carbocycles. The zero-order chi connectivity index (χ0) is 18.7. The minimum absolute atomic E-state index is 0.0745. The van der Waals surface area contributed by atoms with Crippen LogP contribution in [0.3, 0.4) is 0 Å². The molecule has 0 radical (unpaired) electrons. The highest BCUT2D eigenvalue weighted by atomic mass is 35.5. The summed E-state index contributed by atoms with van der Waals surface area (Å²) < 4.78 is 30.6. The Morgan fingerprint density at radius 1 is 1.36 bits per heavy atom. The molecule has 1 saturated heterocycles. The van der Waals surface area contributed by atoms with Gasteiger partial charge in [-0.05, 0) is 51.7 Å². The first-order chi connectivity index (χ1) is 11.6. The monoisotopic (exact) mass is 388 g/mol. The molecule has 2 heterocycles. The lowest BCUT2D eigenvalue weighted by molar-refractivity contribution is 0.0124. The predicted molar refractivity (Wildman–Crippen MR) is 97.3 cm³/mol. The second-order valence-electron chi connectivity index (χ2n) is 7.37. The molecule has 0 aromatic carbocycles. The van der Waals surface area contributed by atoms with Gasteiger partial charge in [0, 0.05) is 18.8 Å². The Morgan fingerprint density at radius 3 is 2.68 bits per heavy atom.